The maximum Gasteiger partial charge on any atom is 0.229 e. The predicted octanol–water partition coefficient (Wildman–Crippen LogP) is 4.56. The Hall–Kier alpha value is -4.14. The third kappa shape index (κ3) is 3.72. The van der Waals surface area contributed by atoms with E-state index in [0.29, 0.717) is 18.2 Å². The molecule has 0 aliphatic carbocycles. The van der Waals surface area contributed by atoms with Gasteiger partial charge in [0.15, 0.2) is 11.6 Å². The normalized spacial score (nSPS) is 12.4. The average Bonchev–Trinajstić information content (AvgIpc) is 3.31. The van der Waals surface area contributed by atoms with Crippen LogP contribution in [0.15, 0.2) is 65.5 Å². The SMILES string of the molecule is Fc1cnc(Nc2cccc(-c3ncco3)c2)nc1Nc1ccc2c(c1)NCCO2. The van der Waals surface area contributed by atoms with Crippen molar-refractivity contribution in [2.45, 2.75) is 0 Å². The van der Waals surface area contributed by atoms with Gasteiger partial charge in [0.1, 0.15) is 18.6 Å². The zero-order valence-corrected chi connectivity index (χ0v) is 15.7. The summed E-state index contributed by atoms with van der Waals surface area (Å²) >= 11 is 0. The second kappa shape index (κ2) is 7.70. The molecule has 30 heavy (non-hydrogen) atoms. The predicted molar refractivity (Wildman–Crippen MR) is 111 cm³/mol. The van der Waals surface area contributed by atoms with Gasteiger partial charge in [0.25, 0.3) is 0 Å². The molecule has 5 rings (SSSR count). The van der Waals surface area contributed by atoms with Gasteiger partial charge in [-0.15, -0.1) is 0 Å². The summed E-state index contributed by atoms with van der Waals surface area (Å²) in [7, 11) is 0. The lowest BCUT2D eigenvalue weighted by atomic mass is 10.2. The van der Waals surface area contributed by atoms with Gasteiger partial charge in [-0.05, 0) is 36.4 Å². The Morgan fingerprint density at radius 2 is 1.97 bits per heavy atom. The molecule has 0 unspecified atom stereocenters. The van der Waals surface area contributed by atoms with Crippen LogP contribution in [0.5, 0.6) is 5.75 Å². The number of nitrogens with zero attached hydrogens (tertiary/aromatic N) is 3. The molecule has 0 amide bonds. The molecule has 0 radical (unpaired) electrons. The standard InChI is InChI=1S/C21H17FN6O2/c22-16-12-25-21(27-14-3-1-2-13(10-14)20-24-7-9-30-20)28-19(16)26-15-4-5-18-17(11-15)23-6-8-29-18/h1-5,7,9-12,23H,6,8H2,(H2,25,26,27,28). The summed E-state index contributed by atoms with van der Waals surface area (Å²) in [5, 5.41) is 9.32. The molecule has 9 heteroatoms. The van der Waals surface area contributed by atoms with E-state index in [0.717, 1.165) is 35.4 Å². The van der Waals surface area contributed by atoms with E-state index in [1.165, 1.54) is 6.26 Å². The van der Waals surface area contributed by atoms with Gasteiger partial charge in [-0.25, -0.2) is 14.4 Å². The van der Waals surface area contributed by atoms with Gasteiger partial charge in [-0.1, -0.05) is 6.07 Å². The Morgan fingerprint density at radius 1 is 1.03 bits per heavy atom. The van der Waals surface area contributed by atoms with Gasteiger partial charge in [-0.3, -0.25) is 0 Å². The highest BCUT2D eigenvalue weighted by Gasteiger charge is 2.13. The number of aromatic nitrogens is 3. The van der Waals surface area contributed by atoms with Crippen molar-refractivity contribution in [1.29, 1.82) is 0 Å². The molecule has 3 N–H and O–H groups in total. The largest absolute Gasteiger partial charge is 0.490 e. The zero-order valence-electron chi connectivity index (χ0n) is 15.7. The molecule has 4 aromatic rings. The molecule has 0 bridgehead atoms. The highest BCUT2D eigenvalue weighted by atomic mass is 19.1. The van der Waals surface area contributed by atoms with Crippen LogP contribution in [0.3, 0.4) is 0 Å². The maximum absolute atomic E-state index is 14.3. The van der Waals surface area contributed by atoms with Crippen LogP contribution in [0.1, 0.15) is 0 Å². The van der Waals surface area contributed by atoms with Gasteiger partial charge in [-0.2, -0.15) is 4.98 Å². The molecule has 1 aliphatic rings. The number of ether oxygens (including phenoxy) is 1. The lowest BCUT2D eigenvalue weighted by Gasteiger charge is -2.20. The molecule has 0 spiro atoms. The summed E-state index contributed by atoms with van der Waals surface area (Å²) < 4.78 is 25.2. The van der Waals surface area contributed by atoms with Crippen LogP contribution in [0.4, 0.5) is 33.2 Å². The number of hydrogen-bond donors (Lipinski definition) is 3. The minimum Gasteiger partial charge on any atom is -0.490 e. The lowest BCUT2D eigenvalue weighted by molar-refractivity contribution is 0.323. The van der Waals surface area contributed by atoms with E-state index in [-0.39, 0.29) is 11.8 Å². The Kier molecular flexibility index (Phi) is 4.60. The summed E-state index contributed by atoms with van der Waals surface area (Å²) in [6.45, 7) is 1.34. The Morgan fingerprint density at radius 3 is 2.87 bits per heavy atom. The molecule has 150 valence electrons. The van der Waals surface area contributed by atoms with E-state index in [9.17, 15) is 4.39 Å². The van der Waals surface area contributed by atoms with E-state index >= 15 is 0 Å². The molecule has 2 aromatic heterocycles. The average molecular weight is 404 g/mol. The fourth-order valence-corrected chi connectivity index (χ4v) is 3.10. The molecule has 0 atom stereocenters. The van der Waals surface area contributed by atoms with Crippen LogP contribution in [-0.2, 0) is 0 Å². The molecule has 0 saturated carbocycles. The molecular formula is C21H17FN6O2. The van der Waals surface area contributed by atoms with Crippen LogP contribution in [0.2, 0.25) is 0 Å². The van der Waals surface area contributed by atoms with Crippen molar-refractivity contribution in [2.75, 3.05) is 29.1 Å². The van der Waals surface area contributed by atoms with E-state index in [4.69, 9.17) is 9.15 Å². The monoisotopic (exact) mass is 404 g/mol. The van der Waals surface area contributed by atoms with E-state index < -0.39 is 5.82 Å². The van der Waals surface area contributed by atoms with Crippen molar-refractivity contribution in [1.82, 2.24) is 15.0 Å². The molecule has 1 aliphatic heterocycles. The molecule has 0 fully saturated rings. The number of fused-ring (bicyclic) bond motifs is 1. The first-order valence-electron chi connectivity index (χ1n) is 9.32. The summed E-state index contributed by atoms with van der Waals surface area (Å²) in [5.74, 6) is 1.03. The fraction of sp³-hybridized carbons (Fsp3) is 0.0952. The van der Waals surface area contributed by atoms with Crippen molar-refractivity contribution in [3.8, 4) is 17.2 Å². The number of anilines is 5. The number of nitrogens with one attached hydrogen (secondary N) is 3. The quantitative estimate of drug-likeness (QED) is 0.445. The summed E-state index contributed by atoms with van der Waals surface area (Å²) in [6, 6.07) is 12.9. The number of rotatable bonds is 5. The summed E-state index contributed by atoms with van der Waals surface area (Å²) in [4.78, 5) is 12.4. The van der Waals surface area contributed by atoms with Gasteiger partial charge < -0.3 is 25.1 Å². The van der Waals surface area contributed by atoms with Crippen LogP contribution >= 0.6 is 0 Å². The van der Waals surface area contributed by atoms with E-state index in [2.05, 4.69) is 30.9 Å². The summed E-state index contributed by atoms with van der Waals surface area (Å²) in [5.41, 5.74) is 3.05. The van der Waals surface area contributed by atoms with Crippen molar-refractivity contribution in [3.05, 3.63) is 66.9 Å². The van der Waals surface area contributed by atoms with Gasteiger partial charge >= 0.3 is 0 Å². The Bertz CT molecular complexity index is 1180. The zero-order chi connectivity index (χ0) is 20.3. The van der Waals surface area contributed by atoms with E-state index in [1.54, 1.807) is 12.3 Å². The smallest absolute Gasteiger partial charge is 0.229 e. The number of hydrogen-bond acceptors (Lipinski definition) is 8. The van der Waals surface area contributed by atoms with E-state index in [1.807, 2.05) is 36.4 Å². The van der Waals surface area contributed by atoms with Crippen molar-refractivity contribution < 1.29 is 13.5 Å². The highest BCUT2D eigenvalue weighted by Crippen LogP contribution is 2.31. The van der Waals surface area contributed by atoms with Crippen LogP contribution in [0, 0.1) is 5.82 Å². The summed E-state index contributed by atoms with van der Waals surface area (Å²) in [6.07, 6.45) is 4.22. The van der Waals surface area contributed by atoms with Crippen LogP contribution in [-0.4, -0.2) is 28.1 Å². The van der Waals surface area contributed by atoms with Crippen molar-refractivity contribution in [2.24, 2.45) is 0 Å². The second-order valence-electron chi connectivity index (χ2n) is 6.54. The molecular weight excluding hydrogens is 387 g/mol. The topological polar surface area (TPSA) is 97.1 Å². The maximum atomic E-state index is 14.3. The molecule has 8 nitrogen and oxygen atoms in total. The minimum absolute atomic E-state index is 0.0630. The van der Waals surface area contributed by atoms with Gasteiger partial charge in [0.2, 0.25) is 11.8 Å². The molecule has 0 saturated heterocycles. The van der Waals surface area contributed by atoms with Crippen molar-refractivity contribution >= 4 is 28.8 Å². The number of benzene rings is 2. The van der Waals surface area contributed by atoms with Crippen molar-refractivity contribution in [3.63, 3.8) is 0 Å². The third-order valence-electron chi connectivity index (χ3n) is 4.46. The van der Waals surface area contributed by atoms with Gasteiger partial charge in [0, 0.05) is 23.5 Å². The third-order valence-corrected chi connectivity index (χ3v) is 4.46. The first-order valence-corrected chi connectivity index (χ1v) is 9.32. The number of halogens is 1. The Labute approximate surface area is 171 Å². The highest BCUT2D eigenvalue weighted by molar-refractivity contribution is 5.70. The van der Waals surface area contributed by atoms with Crippen LogP contribution in [0.25, 0.3) is 11.5 Å². The van der Waals surface area contributed by atoms with Gasteiger partial charge in [0.05, 0.1) is 18.1 Å². The first-order chi connectivity index (χ1) is 14.7. The fourth-order valence-electron chi connectivity index (χ4n) is 3.10. The minimum atomic E-state index is -0.559. The number of oxazole rings is 1. The molecule has 3 heterocycles. The second-order valence-corrected chi connectivity index (χ2v) is 6.54. The molecule has 2 aromatic carbocycles. The van der Waals surface area contributed by atoms with Crippen LogP contribution < -0.4 is 20.7 Å². The first kappa shape index (κ1) is 17.9. The Balaban J connectivity index is 1.37. The lowest BCUT2D eigenvalue weighted by Crippen LogP contribution is -2.17.